The van der Waals surface area contributed by atoms with E-state index in [2.05, 4.69) is 16.7 Å². The smallest absolute Gasteiger partial charge is 0.321 e. The van der Waals surface area contributed by atoms with Gasteiger partial charge in [-0.2, -0.15) is 0 Å². The maximum Gasteiger partial charge on any atom is 0.321 e. The number of thiophene rings is 1. The van der Waals surface area contributed by atoms with Crippen molar-refractivity contribution in [3.05, 3.63) is 22.4 Å². The van der Waals surface area contributed by atoms with E-state index < -0.39 is 6.03 Å². The molecule has 112 valence electrons. The molecule has 20 heavy (non-hydrogen) atoms. The van der Waals surface area contributed by atoms with Crippen molar-refractivity contribution < 1.29 is 14.5 Å². The van der Waals surface area contributed by atoms with Crippen molar-refractivity contribution in [2.24, 2.45) is 0 Å². The van der Waals surface area contributed by atoms with Crippen molar-refractivity contribution in [1.82, 2.24) is 10.6 Å². The van der Waals surface area contributed by atoms with Gasteiger partial charge in [0.05, 0.1) is 11.4 Å². The third-order valence-electron chi connectivity index (χ3n) is 3.16. The van der Waals surface area contributed by atoms with Crippen LogP contribution in [0.1, 0.15) is 32.1 Å². The van der Waals surface area contributed by atoms with E-state index in [1.165, 1.54) is 4.88 Å². The maximum atomic E-state index is 11.8. The second-order valence-electron chi connectivity index (χ2n) is 4.87. The van der Waals surface area contributed by atoms with Gasteiger partial charge < -0.3 is 10.2 Å². The summed E-state index contributed by atoms with van der Waals surface area (Å²) in [6.45, 7) is 7.89. The van der Waals surface area contributed by atoms with Crippen molar-refractivity contribution in [1.29, 1.82) is 0 Å². The van der Waals surface area contributed by atoms with E-state index in [0.29, 0.717) is 6.54 Å². The molecule has 3 N–H and O–H groups in total. The van der Waals surface area contributed by atoms with Gasteiger partial charge in [-0.1, -0.05) is 13.0 Å². The van der Waals surface area contributed by atoms with E-state index >= 15 is 0 Å². The highest BCUT2D eigenvalue weighted by molar-refractivity contribution is 7.09. The molecule has 1 unspecified atom stereocenters. The van der Waals surface area contributed by atoms with E-state index in [0.717, 1.165) is 24.4 Å². The molecule has 0 aliphatic heterocycles. The van der Waals surface area contributed by atoms with Crippen LogP contribution in [0, 0.1) is 0 Å². The summed E-state index contributed by atoms with van der Waals surface area (Å²) in [5.41, 5.74) is 0. The maximum absolute atomic E-state index is 11.8. The molecule has 0 fully saturated rings. The third kappa shape index (κ3) is 6.16. The molecule has 1 aromatic rings. The summed E-state index contributed by atoms with van der Waals surface area (Å²) in [7, 11) is 0. The lowest BCUT2D eigenvalue weighted by molar-refractivity contribution is -0.903. The zero-order chi connectivity index (χ0) is 15.0. The minimum Gasteiger partial charge on any atom is -0.335 e. The summed E-state index contributed by atoms with van der Waals surface area (Å²) >= 11 is 1.69. The van der Waals surface area contributed by atoms with Crippen molar-refractivity contribution >= 4 is 23.3 Å². The molecule has 0 bridgehead atoms. The number of carbonyl (C=O) groups is 2. The van der Waals surface area contributed by atoms with E-state index in [-0.39, 0.29) is 11.9 Å². The first-order valence-electron chi connectivity index (χ1n) is 7.01. The van der Waals surface area contributed by atoms with Gasteiger partial charge in [0, 0.05) is 6.04 Å². The molecule has 0 saturated heterocycles. The summed E-state index contributed by atoms with van der Waals surface area (Å²) in [5.74, 6) is -0.237. The number of likely N-dealkylation sites (N-methyl/N-ethyl adjacent to an activating group) is 1. The van der Waals surface area contributed by atoms with Crippen LogP contribution in [-0.4, -0.2) is 31.1 Å². The van der Waals surface area contributed by atoms with Gasteiger partial charge in [-0.05, 0) is 31.7 Å². The number of quaternary nitrogens is 1. The summed E-state index contributed by atoms with van der Waals surface area (Å²) in [4.78, 5) is 25.8. The van der Waals surface area contributed by atoms with Crippen LogP contribution in [0.5, 0.6) is 0 Å². The average Bonchev–Trinajstić information content (AvgIpc) is 2.90. The van der Waals surface area contributed by atoms with E-state index in [4.69, 9.17) is 0 Å². The summed E-state index contributed by atoms with van der Waals surface area (Å²) in [6.07, 6.45) is 0.840. The first kappa shape index (κ1) is 16.7. The molecular formula is C14H24N3O2S+. The number of nitrogens with one attached hydrogen (secondary N) is 3. The van der Waals surface area contributed by atoms with E-state index in [1.54, 1.807) is 11.3 Å². The molecule has 0 aliphatic carbocycles. The zero-order valence-corrected chi connectivity index (χ0v) is 13.2. The van der Waals surface area contributed by atoms with Crippen molar-refractivity contribution in [2.45, 2.75) is 39.8 Å². The van der Waals surface area contributed by atoms with Gasteiger partial charge >= 0.3 is 6.03 Å². The van der Waals surface area contributed by atoms with Crippen molar-refractivity contribution in [3.63, 3.8) is 0 Å². The molecule has 0 radical (unpaired) electrons. The van der Waals surface area contributed by atoms with Crippen LogP contribution in [0.4, 0.5) is 4.79 Å². The highest BCUT2D eigenvalue weighted by Gasteiger charge is 2.16. The molecular weight excluding hydrogens is 274 g/mol. The van der Waals surface area contributed by atoms with Gasteiger partial charge in [0.15, 0.2) is 6.54 Å². The third-order valence-corrected chi connectivity index (χ3v) is 4.03. The molecule has 0 aromatic carbocycles. The standard InChI is InChI=1S/C14H23N3O2S/c1-4-11(3)15-14(19)16-13(18)10-17(5-2)9-12-7-6-8-20-12/h6-8,11H,4-5,9-10H2,1-3H3,(H2,15,16,18,19)/p+1/t11-/m1/s1. The molecule has 3 amide bonds. The fourth-order valence-corrected chi connectivity index (χ4v) is 2.51. The second kappa shape index (κ2) is 8.71. The number of hydrogen-bond donors (Lipinski definition) is 3. The number of imide groups is 1. The lowest BCUT2D eigenvalue weighted by Crippen LogP contribution is -3.11. The van der Waals surface area contributed by atoms with Crippen LogP contribution in [0.3, 0.4) is 0 Å². The fraction of sp³-hybridized carbons (Fsp3) is 0.571. The minimum atomic E-state index is -0.407. The largest absolute Gasteiger partial charge is 0.335 e. The summed E-state index contributed by atoms with van der Waals surface area (Å²) < 4.78 is 0. The fourth-order valence-electron chi connectivity index (χ4n) is 1.73. The van der Waals surface area contributed by atoms with Gasteiger partial charge in [-0.15, -0.1) is 11.3 Å². The molecule has 2 atom stereocenters. The Morgan fingerprint density at radius 1 is 1.40 bits per heavy atom. The predicted octanol–water partition coefficient (Wildman–Crippen LogP) is 0.777. The lowest BCUT2D eigenvalue weighted by atomic mass is 10.3. The summed E-state index contributed by atoms with van der Waals surface area (Å²) in [6, 6.07) is 3.74. The monoisotopic (exact) mass is 298 g/mol. The Labute approximate surface area is 124 Å². The Balaban J connectivity index is 2.37. The van der Waals surface area contributed by atoms with Crippen LogP contribution in [0.15, 0.2) is 17.5 Å². The van der Waals surface area contributed by atoms with Crippen LogP contribution in [0.2, 0.25) is 0 Å². The van der Waals surface area contributed by atoms with Crippen LogP contribution < -0.4 is 15.5 Å². The Hall–Kier alpha value is -1.40. The molecule has 1 rings (SSSR count). The van der Waals surface area contributed by atoms with Gasteiger partial charge in [0.25, 0.3) is 5.91 Å². The molecule has 0 saturated carbocycles. The predicted molar refractivity (Wildman–Crippen MR) is 80.8 cm³/mol. The molecule has 0 aliphatic rings. The number of carbonyl (C=O) groups excluding carboxylic acids is 2. The van der Waals surface area contributed by atoms with Crippen LogP contribution >= 0.6 is 11.3 Å². The number of urea groups is 1. The number of rotatable bonds is 7. The Kier molecular flexibility index (Phi) is 7.25. The number of amides is 3. The Morgan fingerprint density at radius 3 is 2.70 bits per heavy atom. The summed E-state index contributed by atoms with van der Waals surface area (Å²) in [5, 5.41) is 7.13. The molecule has 6 heteroatoms. The zero-order valence-electron chi connectivity index (χ0n) is 12.4. The van der Waals surface area contributed by atoms with Crippen LogP contribution in [-0.2, 0) is 11.3 Å². The highest BCUT2D eigenvalue weighted by Crippen LogP contribution is 2.05. The Morgan fingerprint density at radius 2 is 2.15 bits per heavy atom. The SMILES string of the molecule is CC[C@@H](C)NC(=O)NC(=O)C[NH+](CC)Cc1cccs1. The first-order chi connectivity index (χ1) is 9.55. The van der Waals surface area contributed by atoms with E-state index in [1.807, 2.05) is 32.2 Å². The minimum absolute atomic E-state index is 0.0727. The van der Waals surface area contributed by atoms with Gasteiger partial charge in [0.1, 0.15) is 6.54 Å². The van der Waals surface area contributed by atoms with Gasteiger partial charge in [-0.3, -0.25) is 10.1 Å². The highest BCUT2D eigenvalue weighted by atomic mass is 32.1. The molecule has 0 spiro atoms. The molecule has 1 aromatic heterocycles. The Bertz CT molecular complexity index is 420. The topological polar surface area (TPSA) is 62.6 Å². The second-order valence-corrected chi connectivity index (χ2v) is 5.90. The quantitative estimate of drug-likeness (QED) is 0.696. The van der Waals surface area contributed by atoms with Gasteiger partial charge in [-0.25, -0.2) is 4.79 Å². The number of hydrogen-bond acceptors (Lipinski definition) is 3. The van der Waals surface area contributed by atoms with E-state index in [9.17, 15) is 9.59 Å². The van der Waals surface area contributed by atoms with Crippen molar-refractivity contribution in [2.75, 3.05) is 13.1 Å². The molecule has 1 heterocycles. The first-order valence-corrected chi connectivity index (χ1v) is 7.89. The molecule has 5 nitrogen and oxygen atoms in total. The van der Waals surface area contributed by atoms with Gasteiger partial charge in [0.2, 0.25) is 0 Å². The lowest BCUT2D eigenvalue weighted by Gasteiger charge is -2.17. The average molecular weight is 298 g/mol. The van der Waals surface area contributed by atoms with Crippen molar-refractivity contribution in [3.8, 4) is 0 Å². The normalized spacial score (nSPS) is 13.6. The van der Waals surface area contributed by atoms with Crippen LogP contribution in [0.25, 0.3) is 0 Å².